The van der Waals surface area contributed by atoms with Crippen LogP contribution in [0.4, 0.5) is 9.52 Å². The smallest absolute Gasteiger partial charge is 0.301 e. The molecule has 1 N–H and O–H groups in total. The van der Waals surface area contributed by atoms with Crippen LogP contribution in [-0.2, 0) is 9.59 Å². The standard InChI is InChI=1S/C28H23FN2O4S/c1-2-3-14-35-20-11-7-10-18(15-20)25(32)23-24(17-8-5-4-6-9-17)31(27(34)26(23)33)28-30-21-13-12-19(29)16-22(21)36-28/h4-13,15-16,24,32H,2-3,14H2,1H3/b25-23+. The molecule has 1 aromatic heterocycles. The second-order valence-corrected chi connectivity index (χ2v) is 9.43. The number of carbonyl (C=O) groups excluding carboxylic acids is 2. The summed E-state index contributed by atoms with van der Waals surface area (Å²) in [6.45, 7) is 2.60. The second kappa shape index (κ2) is 9.91. The summed E-state index contributed by atoms with van der Waals surface area (Å²) in [5, 5.41) is 11.6. The Bertz CT molecular complexity index is 1480. The largest absolute Gasteiger partial charge is 0.507 e. The van der Waals surface area contributed by atoms with Crippen LogP contribution in [0, 0.1) is 5.82 Å². The molecule has 0 bridgehead atoms. The predicted molar refractivity (Wildman–Crippen MR) is 138 cm³/mol. The molecule has 3 aromatic carbocycles. The molecular formula is C28H23FN2O4S. The maximum Gasteiger partial charge on any atom is 0.301 e. The van der Waals surface area contributed by atoms with Gasteiger partial charge in [0.2, 0.25) is 0 Å². The number of aliphatic hydroxyl groups is 1. The van der Waals surface area contributed by atoms with Crippen LogP contribution in [-0.4, -0.2) is 28.4 Å². The maximum atomic E-state index is 13.8. The number of nitrogens with zero attached hydrogens (tertiary/aromatic N) is 2. The summed E-state index contributed by atoms with van der Waals surface area (Å²) in [6.07, 6.45) is 1.87. The first-order chi connectivity index (χ1) is 17.5. The van der Waals surface area contributed by atoms with E-state index in [4.69, 9.17) is 4.74 Å². The fourth-order valence-electron chi connectivity index (χ4n) is 4.19. The number of anilines is 1. The highest BCUT2D eigenvalue weighted by Gasteiger charge is 2.48. The van der Waals surface area contributed by atoms with Crippen molar-refractivity contribution in [3.8, 4) is 5.75 Å². The first-order valence-corrected chi connectivity index (χ1v) is 12.4. The quantitative estimate of drug-likeness (QED) is 0.140. The first kappa shape index (κ1) is 23.7. The number of benzene rings is 3. The molecule has 182 valence electrons. The summed E-state index contributed by atoms with van der Waals surface area (Å²) in [5.74, 6) is -1.77. The Kier molecular flexibility index (Phi) is 6.52. The number of Topliss-reactive ketones (excluding diaryl/α,β-unsaturated/α-hetero) is 1. The lowest BCUT2D eigenvalue weighted by Crippen LogP contribution is -2.29. The van der Waals surface area contributed by atoms with Crippen molar-refractivity contribution >= 4 is 44.1 Å². The Balaban J connectivity index is 1.63. The molecule has 1 atom stereocenters. The number of aromatic nitrogens is 1. The minimum atomic E-state index is -0.902. The number of rotatable bonds is 7. The molecule has 0 spiro atoms. The van der Waals surface area contributed by atoms with Crippen molar-refractivity contribution < 1.29 is 23.8 Å². The Labute approximate surface area is 211 Å². The van der Waals surface area contributed by atoms with Crippen LogP contribution < -0.4 is 9.64 Å². The lowest BCUT2D eigenvalue weighted by atomic mass is 9.95. The van der Waals surface area contributed by atoms with Crippen molar-refractivity contribution in [2.75, 3.05) is 11.5 Å². The Morgan fingerprint density at radius 1 is 1.08 bits per heavy atom. The lowest BCUT2D eigenvalue weighted by Gasteiger charge is -2.23. The van der Waals surface area contributed by atoms with Gasteiger partial charge in [-0.05, 0) is 42.3 Å². The molecule has 0 radical (unpaired) electrons. The highest BCUT2D eigenvalue weighted by atomic mass is 32.1. The van der Waals surface area contributed by atoms with Crippen LogP contribution in [0.2, 0.25) is 0 Å². The average molecular weight is 503 g/mol. The summed E-state index contributed by atoms with van der Waals surface area (Å²) in [4.78, 5) is 32.4. The second-order valence-electron chi connectivity index (χ2n) is 8.42. The molecule has 1 unspecified atom stereocenters. The van der Waals surface area contributed by atoms with E-state index >= 15 is 0 Å². The zero-order valence-electron chi connectivity index (χ0n) is 19.5. The van der Waals surface area contributed by atoms with E-state index in [0.717, 1.165) is 24.2 Å². The van der Waals surface area contributed by atoms with Gasteiger partial charge in [0.25, 0.3) is 5.78 Å². The van der Waals surface area contributed by atoms with Crippen molar-refractivity contribution in [2.45, 2.75) is 25.8 Å². The molecule has 0 saturated carbocycles. The molecule has 1 saturated heterocycles. The van der Waals surface area contributed by atoms with Crippen LogP contribution in [0.15, 0.2) is 78.4 Å². The van der Waals surface area contributed by atoms with Gasteiger partial charge in [-0.2, -0.15) is 0 Å². The van der Waals surface area contributed by atoms with Gasteiger partial charge in [0.05, 0.1) is 28.4 Å². The van der Waals surface area contributed by atoms with E-state index in [1.165, 1.54) is 23.1 Å². The number of aliphatic hydroxyl groups excluding tert-OH is 1. The van der Waals surface area contributed by atoms with E-state index in [2.05, 4.69) is 11.9 Å². The molecular weight excluding hydrogens is 479 g/mol. The minimum Gasteiger partial charge on any atom is -0.507 e. The Hall–Kier alpha value is -4.04. The van der Waals surface area contributed by atoms with E-state index in [1.54, 1.807) is 48.5 Å². The van der Waals surface area contributed by atoms with E-state index in [-0.39, 0.29) is 16.5 Å². The van der Waals surface area contributed by atoms with Crippen LogP contribution in [0.25, 0.3) is 16.0 Å². The van der Waals surface area contributed by atoms with E-state index in [9.17, 15) is 19.1 Å². The van der Waals surface area contributed by atoms with Gasteiger partial charge in [-0.3, -0.25) is 14.5 Å². The van der Waals surface area contributed by atoms with Crippen LogP contribution in [0.1, 0.15) is 36.9 Å². The number of hydrogen-bond acceptors (Lipinski definition) is 6. The van der Waals surface area contributed by atoms with Crippen LogP contribution in [0.3, 0.4) is 0 Å². The number of fused-ring (bicyclic) bond motifs is 1. The average Bonchev–Trinajstić information content (AvgIpc) is 3.42. The third-order valence-corrected chi connectivity index (χ3v) is 7.00. The SMILES string of the molecule is CCCCOc1cccc(/C(O)=C2\C(=O)C(=O)N(c3nc4ccc(F)cc4s3)C2c2ccccc2)c1. The van der Waals surface area contributed by atoms with E-state index in [1.807, 2.05) is 6.07 Å². The normalized spacial score (nSPS) is 17.2. The molecule has 0 aliphatic carbocycles. The van der Waals surface area contributed by atoms with Crippen molar-refractivity contribution in [2.24, 2.45) is 0 Å². The monoisotopic (exact) mass is 502 g/mol. The number of halogens is 1. The van der Waals surface area contributed by atoms with Gasteiger partial charge in [-0.1, -0.05) is 67.1 Å². The van der Waals surface area contributed by atoms with Gasteiger partial charge >= 0.3 is 5.91 Å². The fourth-order valence-corrected chi connectivity index (χ4v) is 5.21. The summed E-state index contributed by atoms with van der Waals surface area (Å²) in [7, 11) is 0. The number of ether oxygens (including phenoxy) is 1. The molecule has 1 amide bonds. The lowest BCUT2D eigenvalue weighted by molar-refractivity contribution is -0.132. The minimum absolute atomic E-state index is 0.0395. The maximum absolute atomic E-state index is 13.8. The topological polar surface area (TPSA) is 79.7 Å². The molecule has 4 aromatic rings. The predicted octanol–water partition coefficient (Wildman–Crippen LogP) is 6.24. The fraction of sp³-hybridized carbons (Fsp3) is 0.179. The molecule has 2 heterocycles. The third kappa shape index (κ3) is 4.35. The Morgan fingerprint density at radius 3 is 2.67 bits per heavy atom. The number of thiazole rings is 1. The van der Waals surface area contributed by atoms with Gasteiger partial charge in [0.1, 0.15) is 17.3 Å². The first-order valence-electron chi connectivity index (χ1n) is 11.6. The van der Waals surface area contributed by atoms with Gasteiger partial charge in [-0.25, -0.2) is 9.37 Å². The Morgan fingerprint density at radius 2 is 1.89 bits per heavy atom. The van der Waals surface area contributed by atoms with Crippen molar-refractivity contribution in [3.05, 3.63) is 95.3 Å². The zero-order chi connectivity index (χ0) is 25.2. The molecule has 5 rings (SSSR count). The number of hydrogen-bond donors (Lipinski definition) is 1. The van der Waals surface area contributed by atoms with Gasteiger partial charge in [0.15, 0.2) is 5.13 Å². The summed E-state index contributed by atoms with van der Waals surface area (Å²) in [6, 6.07) is 19.1. The molecule has 36 heavy (non-hydrogen) atoms. The highest BCUT2D eigenvalue weighted by molar-refractivity contribution is 7.22. The van der Waals surface area contributed by atoms with Crippen molar-refractivity contribution in [3.63, 3.8) is 0 Å². The number of unbranched alkanes of at least 4 members (excludes halogenated alkanes) is 1. The van der Waals surface area contributed by atoms with E-state index < -0.39 is 23.5 Å². The molecule has 6 nitrogen and oxygen atoms in total. The summed E-state index contributed by atoms with van der Waals surface area (Å²) in [5.41, 5.74) is 1.48. The zero-order valence-corrected chi connectivity index (χ0v) is 20.3. The number of carbonyl (C=O) groups is 2. The highest BCUT2D eigenvalue weighted by Crippen LogP contribution is 2.44. The number of amides is 1. The van der Waals surface area contributed by atoms with Gasteiger partial charge in [0, 0.05) is 5.56 Å². The third-order valence-electron chi connectivity index (χ3n) is 5.98. The van der Waals surface area contributed by atoms with Crippen LogP contribution in [0.5, 0.6) is 5.75 Å². The molecule has 8 heteroatoms. The van der Waals surface area contributed by atoms with Gasteiger partial charge in [-0.15, -0.1) is 0 Å². The van der Waals surface area contributed by atoms with Crippen molar-refractivity contribution in [1.29, 1.82) is 0 Å². The van der Waals surface area contributed by atoms with Crippen molar-refractivity contribution in [1.82, 2.24) is 4.98 Å². The summed E-state index contributed by atoms with van der Waals surface area (Å²) >= 11 is 1.11. The van der Waals surface area contributed by atoms with Gasteiger partial charge < -0.3 is 9.84 Å². The van der Waals surface area contributed by atoms with E-state index in [0.29, 0.717) is 33.7 Å². The molecule has 1 aliphatic rings. The number of ketones is 1. The summed E-state index contributed by atoms with van der Waals surface area (Å²) < 4.78 is 20.1. The molecule has 1 aliphatic heterocycles. The molecule has 1 fully saturated rings. The van der Waals surface area contributed by atoms with Crippen LogP contribution >= 0.6 is 11.3 Å².